The molecule has 2 nitrogen and oxygen atoms in total. The maximum atomic E-state index is 5.96. The first-order chi connectivity index (χ1) is 8.83. The molecule has 0 spiro atoms. The molecule has 3 heteroatoms. The van der Waals surface area contributed by atoms with Crippen molar-refractivity contribution in [3.8, 4) is 5.75 Å². The monoisotopic (exact) mass is 309 g/mol. The van der Waals surface area contributed by atoms with Crippen molar-refractivity contribution in [1.29, 1.82) is 0 Å². The van der Waals surface area contributed by atoms with Gasteiger partial charge in [-0.25, -0.2) is 0 Å². The molecular weight excluding hydrogens is 290 g/mol. The predicted molar refractivity (Wildman–Crippen MR) is 77.3 cm³/mol. The molecule has 1 aromatic rings. The highest BCUT2D eigenvalue weighted by Crippen LogP contribution is 2.34. The normalized spacial score (nSPS) is 24.6. The number of piperidine rings is 1. The molecule has 1 N–H and O–H groups in total. The summed E-state index contributed by atoms with van der Waals surface area (Å²) in [6.07, 6.45) is 6.75. The number of rotatable bonds is 3. The Balaban J connectivity index is 1.70. The number of ether oxygens (including phenoxy) is 1. The van der Waals surface area contributed by atoms with Crippen LogP contribution in [0, 0.1) is 0 Å². The third-order valence-electron chi connectivity index (χ3n) is 4.07. The number of hydrogen-bond donors (Lipinski definition) is 1. The molecule has 2 fully saturated rings. The van der Waals surface area contributed by atoms with Crippen molar-refractivity contribution in [3.63, 3.8) is 0 Å². The van der Waals surface area contributed by atoms with Gasteiger partial charge in [-0.05, 0) is 78.2 Å². The lowest BCUT2D eigenvalue weighted by atomic mass is 9.91. The molecule has 0 bridgehead atoms. The van der Waals surface area contributed by atoms with Crippen molar-refractivity contribution < 1.29 is 4.74 Å². The van der Waals surface area contributed by atoms with Gasteiger partial charge in [-0.1, -0.05) is 6.07 Å². The van der Waals surface area contributed by atoms with Gasteiger partial charge in [0.15, 0.2) is 0 Å². The van der Waals surface area contributed by atoms with Gasteiger partial charge in [0.05, 0.1) is 10.6 Å². The van der Waals surface area contributed by atoms with Crippen molar-refractivity contribution >= 4 is 15.9 Å². The first-order valence-electron chi connectivity index (χ1n) is 7.00. The summed E-state index contributed by atoms with van der Waals surface area (Å²) in [5, 5.41) is 3.47. The predicted octanol–water partition coefficient (Wildman–Crippen LogP) is 3.85. The van der Waals surface area contributed by atoms with Gasteiger partial charge in [0.25, 0.3) is 0 Å². The Kier molecular flexibility index (Phi) is 3.90. The van der Waals surface area contributed by atoms with E-state index in [9.17, 15) is 0 Å². The summed E-state index contributed by atoms with van der Waals surface area (Å²) in [4.78, 5) is 0. The summed E-state index contributed by atoms with van der Waals surface area (Å²) in [5.41, 5.74) is 1.43. The molecule has 1 aliphatic heterocycles. The van der Waals surface area contributed by atoms with E-state index >= 15 is 0 Å². The average Bonchev–Trinajstić information content (AvgIpc) is 2.36. The first-order valence-corrected chi connectivity index (χ1v) is 7.79. The van der Waals surface area contributed by atoms with Crippen LogP contribution in [0.3, 0.4) is 0 Å². The van der Waals surface area contributed by atoms with Gasteiger partial charge in [-0.2, -0.15) is 0 Å². The van der Waals surface area contributed by atoms with Gasteiger partial charge in [0.1, 0.15) is 5.75 Å². The third kappa shape index (κ3) is 2.72. The first kappa shape index (κ1) is 12.5. The molecule has 0 amide bonds. The van der Waals surface area contributed by atoms with Crippen LogP contribution in [0.1, 0.15) is 43.6 Å². The minimum Gasteiger partial charge on any atom is -0.489 e. The fourth-order valence-electron chi connectivity index (χ4n) is 2.67. The Morgan fingerprint density at radius 2 is 2.06 bits per heavy atom. The Bertz CT molecular complexity index is 411. The van der Waals surface area contributed by atoms with E-state index in [0.29, 0.717) is 12.0 Å². The maximum absolute atomic E-state index is 5.96. The third-order valence-corrected chi connectivity index (χ3v) is 4.69. The molecule has 2 aliphatic rings. The lowest BCUT2D eigenvalue weighted by Crippen LogP contribution is -2.28. The Hall–Kier alpha value is -0.540. The van der Waals surface area contributed by atoms with Crippen LogP contribution >= 0.6 is 15.9 Å². The molecule has 1 saturated carbocycles. The molecule has 0 aromatic heterocycles. The molecular formula is C15H20BrNO. The number of benzene rings is 1. The molecule has 1 heterocycles. The van der Waals surface area contributed by atoms with Crippen molar-refractivity contribution in [2.75, 3.05) is 13.1 Å². The molecule has 3 rings (SSSR count). The number of hydrogen-bond acceptors (Lipinski definition) is 2. The van der Waals surface area contributed by atoms with Crippen LogP contribution < -0.4 is 10.1 Å². The van der Waals surface area contributed by atoms with Crippen LogP contribution in [0.4, 0.5) is 0 Å². The van der Waals surface area contributed by atoms with Gasteiger partial charge in [0, 0.05) is 6.54 Å². The second-order valence-corrected chi connectivity index (χ2v) is 6.26. The highest BCUT2D eigenvalue weighted by molar-refractivity contribution is 9.10. The molecule has 1 saturated heterocycles. The average molecular weight is 310 g/mol. The standard InChI is InChI=1S/C15H20BrNO/c16-14-9-11(12-3-2-8-17-10-12)6-7-15(14)18-13-4-1-5-13/h6-7,9,12-13,17H,1-5,8,10H2. The molecule has 1 atom stereocenters. The molecule has 1 unspecified atom stereocenters. The zero-order valence-electron chi connectivity index (χ0n) is 10.6. The smallest absolute Gasteiger partial charge is 0.133 e. The van der Waals surface area contributed by atoms with Crippen LogP contribution in [0.2, 0.25) is 0 Å². The molecule has 1 aromatic carbocycles. The second kappa shape index (κ2) is 5.62. The van der Waals surface area contributed by atoms with Crippen LogP contribution in [0.25, 0.3) is 0 Å². The minimum absolute atomic E-state index is 0.448. The topological polar surface area (TPSA) is 21.3 Å². The second-order valence-electron chi connectivity index (χ2n) is 5.40. The molecule has 18 heavy (non-hydrogen) atoms. The van der Waals surface area contributed by atoms with E-state index in [0.717, 1.165) is 16.8 Å². The molecule has 98 valence electrons. The van der Waals surface area contributed by atoms with E-state index in [-0.39, 0.29) is 0 Å². The summed E-state index contributed by atoms with van der Waals surface area (Å²) in [5.74, 6) is 1.67. The Morgan fingerprint density at radius 3 is 2.67 bits per heavy atom. The summed E-state index contributed by atoms with van der Waals surface area (Å²) < 4.78 is 7.07. The van der Waals surface area contributed by atoms with E-state index in [1.807, 2.05) is 0 Å². The fourth-order valence-corrected chi connectivity index (χ4v) is 3.16. The number of nitrogens with one attached hydrogen (secondary N) is 1. The van der Waals surface area contributed by atoms with E-state index in [1.165, 1.54) is 44.2 Å². The fraction of sp³-hybridized carbons (Fsp3) is 0.600. The van der Waals surface area contributed by atoms with Crippen molar-refractivity contribution in [1.82, 2.24) is 5.32 Å². The van der Waals surface area contributed by atoms with Gasteiger partial charge in [-0.15, -0.1) is 0 Å². The minimum atomic E-state index is 0.448. The van der Waals surface area contributed by atoms with Gasteiger partial charge < -0.3 is 10.1 Å². The highest BCUT2D eigenvalue weighted by Gasteiger charge is 2.21. The van der Waals surface area contributed by atoms with E-state index < -0.39 is 0 Å². The maximum Gasteiger partial charge on any atom is 0.133 e. The molecule has 0 radical (unpaired) electrons. The van der Waals surface area contributed by atoms with Crippen LogP contribution in [0.15, 0.2) is 22.7 Å². The zero-order valence-corrected chi connectivity index (χ0v) is 12.2. The Morgan fingerprint density at radius 1 is 1.17 bits per heavy atom. The van der Waals surface area contributed by atoms with E-state index in [2.05, 4.69) is 39.4 Å². The van der Waals surface area contributed by atoms with Crippen LogP contribution in [-0.4, -0.2) is 19.2 Å². The van der Waals surface area contributed by atoms with E-state index in [4.69, 9.17) is 4.74 Å². The zero-order chi connectivity index (χ0) is 12.4. The van der Waals surface area contributed by atoms with Gasteiger partial charge in [0.2, 0.25) is 0 Å². The Labute approximate surface area is 117 Å². The quantitative estimate of drug-likeness (QED) is 0.915. The lowest BCUT2D eigenvalue weighted by Gasteiger charge is -2.28. The largest absolute Gasteiger partial charge is 0.489 e. The van der Waals surface area contributed by atoms with Crippen LogP contribution in [0.5, 0.6) is 5.75 Å². The van der Waals surface area contributed by atoms with Crippen molar-refractivity contribution in [2.45, 2.75) is 44.1 Å². The van der Waals surface area contributed by atoms with Crippen LogP contribution in [-0.2, 0) is 0 Å². The van der Waals surface area contributed by atoms with Crippen molar-refractivity contribution in [3.05, 3.63) is 28.2 Å². The number of halogens is 1. The van der Waals surface area contributed by atoms with Crippen molar-refractivity contribution in [2.24, 2.45) is 0 Å². The lowest BCUT2D eigenvalue weighted by molar-refractivity contribution is 0.119. The van der Waals surface area contributed by atoms with E-state index in [1.54, 1.807) is 0 Å². The summed E-state index contributed by atoms with van der Waals surface area (Å²) in [6.45, 7) is 2.27. The summed E-state index contributed by atoms with van der Waals surface area (Å²) >= 11 is 3.65. The van der Waals surface area contributed by atoms with Gasteiger partial charge in [-0.3, -0.25) is 0 Å². The van der Waals surface area contributed by atoms with Gasteiger partial charge >= 0.3 is 0 Å². The SMILES string of the molecule is Brc1cc(C2CCCNC2)ccc1OC1CCC1. The summed E-state index contributed by atoms with van der Waals surface area (Å²) in [7, 11) is 0. The molecule has 1 aliphatic carbocycles. The highest BCUT2D eigenvalue weighted by atomic mass is 79.9. The summed E-state index contributed by atoms with van der Waals surface area (Å²) in [6, 6.07) is 6.61.